The van der Waals surface area contributed by atoms with Crippen LogP contribution in [-0.2, 0) is 6.42 Å². The van der Waals surface area contributed by atoms with Gasteiger partial charge < -0.3 is 20.5 Å². The summed E-state index contributed by atoms with van der Waals surface area (Å²) in [5.41, 5.74) is 0.274. The zero-order valence-electron chi connectivity index (χ0n) is 16.0. The lowest BCUT2D eigenvalue weighted by atomic mass is 10.1. The fourth-order valence-electron chi connectivity index (χ4n) is 2.36. The molecule has 1 atom stereocenters. The second kappa shape index (κ2) is 13.3. The van der Waals surface area contributed by atoms with Crippen LogP contribution in [0.5, 0.6) is 5.75 Å². The third kappa shape index (κ3) is 9.35. The Morgan fingerprint density at radius 1 is 1.07 bits per heavy atom. The van der Waals surface area contributed by atoms with Crippen molar-refractivity contribution in [2.75, 3.05) is 26.2 Å². The van der Waals surface area contributed by atoms with E-state index in [0.717, 1.165) is 18.2 Å². The minimum Gasteiger partial charge on any atom is -0.491 e. The topological polar surface area (TPSA) is 65.9 Å². The summed E-state index contributed by atoms with van der Waals surface area (Å²) < 4.78 is 45.0. The molecule has 0 bridgehead atoms. The Balaban J connectivity index is 0.00000420. The van der Waals surface area contributed by atoms with Gasteiger partial charge in [-0.25, -0.2) is 13.2 Å². The van der Waals surface area contributed by atoms with Crippen molar-refractivity contribution in [3.8, 4) is 5.75 Å². The molecule has 0 aliphatic heterocycles. The summed E-state index contributed by atoms with van der Waals surface area (Å²) in [7, 11) is 0. The molecule has 0 aromatic heterocycles. The summed E-state index contributed by atoms with van der Waals surface area (Å²) in [6, 6.07) is 8.83. The van der Waals surface area contributed by atoms with E-state index in [9.17, 15) is 18.3 Å². The molecular formula is C20H25F3IN3O2. The molecule has 0 saturated carbocycles. The molecule has 0 aliphatic carbocycles. The van der Waals surface area contributed by atoms with Gasteiger partial charge >= 0.3 is 0 Å². The average Bonchev–Trinajstić information content (AvgIpc) is 2.68. The van der Waals surface area contributed by atoms with Gasteiger partial charge in [-0.05, 0) is 61.4 Å². The summed E-state index contributed by atoms with van der Waals surface area (Å²) in [5.74, 6) is -0.413. The predicted molar refractivity (Wildman–Crippen MR) is 117 cm³/mol. The number of nitrogens with one attached hydrogen (secondary N) is 2. The Morgan fingerprint density at radius 3 is 2.45 bits per heavy atom. The van der Waals surface area contributed by atoms with Gasteiger partial charge in [0.1, 0.15) is 35.9 Å². The fourth-order valence-corrected chi connectivity index (χ4v) is 2.36. The van der Waals surface area contributed by atoms with Gasteiger partial charge in [0, 0.05) is 13.1 Å². The number of aliphatic hydroxyl groups is 1. The summed E-state index contributed by atoms with van der Waals surface area (Å²) >= 11 is 0. The van der Waals surface area contributed by atoms with Gasteiger partial charge in [-0.1, -0.05) is 0 Å². The molecule has 0 fully saturated rings. The normalized spacial score (nSPS) is 12.1. The first kappa shape index (κ1) is 25.0. The van der Waals surface area contributed by atoms with Crippen LogP contribution in [0, 0.1) is 17.5 Å². The second-order valence-electron chi connectivity index (χ2n) is 6.05. The summed E-state index contributed by atoms with van der Waals surface area (Å²) in [4.78, 5) is 4.25. The Morgan fingerprint density at radius 2 is 1.76 bits per heavy atom. The molecule has 3 N–H and O–H groups in total. The van der Waals surface area contributed by atoms with E-state index in [4.69, 9.17) is 4.74 Å². The zero-order valence-corrected chi connectivity index (χ0v) is 18.3. The van der Waals surface area contributed by atoms with Crippen LogP contribution in [0.1, 0.15) is 12.5 Å². The highest BCUT2D eigenvalue weighted by Gasteiger charge is 2.07. The van der Waals surface area contributed by atoms with Crippen molar-refractivity contribution in [2.45, 2.75) is 19.4 Å². The van der Waals surface area contributed by atoms with E-state index in [1.165, 1.54) is 24.3 Å². The molecule has 0 heterocycles. The zero-order chi connectivity index (χ0) is 20.4. The summed E-state index contributed by atoms with van der Waals surface area (Å²) in [6.07, 6.45) is -0.578. The maximum atomic E-state index is 13.6. The maximum Gasteiger partial charge on any atom is 0.191 e. The molecule has 0 saturated heterocycles. The molecule has 2 rings (SSSR count). The van der Waals surface area contributed by atoms with Crippen LogP contribution < -0.4 is 15.4 Å². The minimum atomic E-state index is -0.860. The molecule has 0 aliphatic rings. The number of aliphatic hydroxyl groups excluding tert-OH is 1. The van der Waals surface area contributed by atoms with Crippen molar-refractivity contribution in [1.82, 2.24) is 10.6 Å². The van der Waals surface area contributed by atoms with E-state index in [2.05, 4.69) is 15.6 Å². The van der Waals surface area contributed by atoms with Crippen LogP contribution in [0.3, 0.4) is 0 Å². The Kier molecular flexibility index (Phi) is 11.4. The molecule has 29 heavy (non-hydrogen) atoms. The molecule has 9 heteroatoms. The number of rotatable bonds is 9. The van der Waals surface area contributed by atoms with E-state index in [0.29, 0.717) is 24.8 Å². The highest BCUT2D eigenvalue weighted by atomic mass is 127. The van der Waals surface area contributed by atoms with E-state index in [1.54, 1.807) is 0 Å². The van der Waals surface area contributed by atoms with Gasteiger partial charge in [-0.3, -0.25) is 4.99 Å². The van der Waals surface area contributed by atoms with Crippen molar-refractivity contribution < 1.29 is 23.0 Å². The van der Waals surface area contributed by atoms with Crippen LogP contribution in [-0.4, -0.2) is 43.4 Å². The number of hydrogen-bond donors (Lipinski definition) is 3. The van der Waals surface area contributed by atoms with Crippen LogP contribution in [0.25, 0.3) is 0 Å². The molecule has 0 radical (unpaired) electrons. The van der Waals surface area contributed by atoms with E-state index in [1.807, 2.05) is 6.92 Å². The molecule has 2 aromatic rings. The largest absolute Gasteiger partial charge is 0.491 e. The van der Waals surface area contributed by atoms with Gasteiger partial charge in [-0.2, -0.15) is 0 Å². The standard InChI is InChI=1S/C20H24F3N3O2.HI/c1-2-24-20(25-10-9-14-11-16(22)5-8-19(14)23)26-12-17(27)13-28-18-6-3-15(21)4-7-18;/h3-8,11,17,27H,2,9-10,12-13H2,1H3,(H2,24,25,26);1H. The quantitative estimate of drug-likeness (QED) is 0.268. The average molecular weight is 523 g/mol. The monoisotopic (exact) mass is 523 g/mol. The van der Waals surface area contributed by atoms with Crippen LogP contribution in [0.2, 0.25) is 0 Å². The number of benzene rings is 2. The van der Waals surface area contributed by atoms with Crippen LogP contribution >= 0.6 is 24.0 Å². The Bertz CT molecular complexity index is 776. The number of ether oxygens (including phenoxy) is 1. The highest BCUT2D eigenvalue weighted by molar-refractivity contribution is 14.0. The molecule has 0 amide bonds. The van der Waals surface area contributed by atoms with Crippen molar-refractivity contribution in [1.29, 1.82) is 0 Å². The lowest BCUT2D eigenvalue weighted by Crippen LogP contribution is -2.39. The molecule has 1 unspecified atom stereocenters. The maximum absolute atomic E-state index is 13.6. The molecule has 160 valence electrons. The van der Waals surface area contributed by atoms with Crippen LogP contribution in [0.15, 0.2) is 47.5 Å². The van der Waals surface area contributed by atoms with Crippen LogP contribution in [0.4, 0.5) is 13.2 Å². The highest BCUT2D eigenvalue weighted by Crippen LogP contribution is 2.11. The number of aliphatic imine (C=N–C) groups is 1. The van der Waals surface area contributed by atoms with E-state index < -0.39 is 17.7 Å². The predicted octanol–water partition coefficient (Wildman–Crippen LogP) is 3.26. The van der Waals surface area contributed by atoms with Gasteiger partial charge in [-0.15, -0.1) is 24.0 Å². The van der Waals surface area contributed by atoms with Gasteiger partial charge in [0.05, 0.1) is 6.54 Å². The fraction of sp³-hybridized carbons (Fsp3) is 0.350. The Hall–Kier alpha value is -2.01. The van der Waals surface area contributed by atoms with Crippen molar-refractivity contribution >= 4 is 29.9 Å². The first-order valence-electron chi connectivity index (χ1n) is 9.00. The van der Waals surface area contributed by atoms with E-state index >= 15 is 0 Å². The van der Waals surface area contributed by atoms with E-state index in [-0.39, 0.29) is 54.9 Å². The number of guanidine groups is 1. The number of nitrogens with zero attached hydrogens (tertiary/aromatic N) is 1. The second-order valence-corrected chi connectivity index (χ2v) is 6.05. The first-order valence-corrected chi connectivity index (χ1v) is 9.00. The summed E-state index contributed by atoms with van der Waals surface area (Å²) in [6.45, 7) is 2.90. The van der Waals surface area contributed by atoms with Gasteiger partial charge in [0.2, 0.25) is 0 Å². The minimum absolute atomic E-state index is 0. The van der Waals surface area contributed by atoms with Crippen molar-refractivity contribution in [2.24, 2.45) is 4.99 Å². The summed E-state index contributed by atoms with van der Waals surface area (Å²) in [5, 5.41) is 16.0. The number of hydrogen-bond acceptors (Lipinski definition) is 3. The first-order chi connectivity index (χ1) is 13.5. The molecule has 2 aromatic carbocycles. The molecular weight excluding hydrogens is 498 g/mol. The molecule has 0 spiro atoms. The Labute approximate surface area is 185 Å². The lowest BCUT2D eigenvalue weighted by molar-refractivity contribution is 0.114. The van der Waals surface area contributed by atoms with Gasteiger partial charge in [0.25, 0.3) is 0 Å². The third-order valence-corrected chi connectivity index (χ3v) is 3.75. The number of halogens is 4. The van der Waals surface area contributed by atoms with Crippen molar-refractivity contribution in [3.63, 3.8) is 0 Å². The SMILES string of the molecule is CCNC(=NCC(O)COc1ccc(F)cc1)NCCc1cc(F)ccc1F.I. The third-order valence-electron chi connectivity index (χ3n) is 3.75. The lowest BCUT2D eigenvalue weighted by Gasteiger charge is -2.14. The van der Waals surface area contributed by atoms with Gasteiger partial charge in [0.15, 0.2) is 5.96 Å². The molecule has 5 nitrogen and oxygen atoms in total. The van der Waals surface area contributed by atoms with Crippen molar-refractivity contribution in [3.05, 3.63) is 65.5 Å². The smallest absolute Gasteiger partial charge is 0.191 e.